The Morgan fingerprint density at radius 2 is 1.89 bits per heavy atom. The molecule has 0 unspecified atom stereocenters. The third kappa shape index (κ3) is 5.14. The van der Waals surface area contributed by atoms with Gasteiger partial charge in [-0.05, 0) is 36.8 Å². The third-order valence-corrected chi connectivity index (χ3v) is 4.85. The van der Waals surface area contributed by atoms with Crippen LogP contribution in [0.25, 0.3) is 0 Å². The first-order valence-electron chi connectivity index (χ1n) is 8.79. The van der Waals surface area contributed by atoms with Crippen LogP contribution in [0.5, 0.6) is 0 Å². The number of anilines is 2. The highest BCUT2D eigenvalue weighted by atomic mass is 35.5. The van der Waals surface area contributed by atoms with E-state index in [9.17, 15) is 18.0 Å². The van der Waals surface area contributed by atoms with E-state index in [4.69, 9.17) is 11.6 Å². The number of amides is 1. The maximum Gasteiger partial charge on any atom is 0.416 e. The average Bonchev–Trinajstić information content (AvgIpc) is 2.65. The minimum atomic E-state index is -4.39. The highest BCUT2D eigenvalue weighted by molar-refractivity contribution is 6.31. The maximum atomic E-state index is 12.9. The van der Waals surface area contributed by atoms with Gasteiger partial charge in [0, 0.05) is 43.1 Å². The second-order valence-electron chi connectivity index (χ2n) is 6.67. The number of piperazine rings is 1. The van der Waals surface area contributed by atoms with Crippen LogP contribution in [0.4, 0.5) is 24.7 Å². The average molecular weight is 413 g/mol. The van der Waals surface area contributed by atoms with E-state index in [0.717, 1.165) is 17.7 Å². The van der Waals surface area contributed by atoms with Gasteiger partial charge in [0.2, 0.25) is 5.91 Å². The van der Waals surface area contributed by atoms with Crippen LogP contribution in [-0.4, -0.2) is 48.5 Å². The van der Waals surface area contributed by atoms with Gasteiger partial charge in [-0.1, -0.05) is 17.7 Å². The van der Waals surface area contributed by atoms with Gasteiger partial charge >= 0.3 is 6.18 Å². The van der Waals surface area contributed by atoms with Gasteiger partial charge in [0.1, 0.15) is 5.82 Å². The topological polar surface area (TPSA) is 48.5 Å². The van der Waals surface area contributed by atoms with E-state index >= 15 is 0 Å². The summed E-state index contributed by atoms with van der Waals surface area (Å²) in [6.07, 6.45) is -3.22. The summed E-state index contributed by atoms with van der Waals surface area (Å²) >= 11 is 5.96. The molecule has 1 aromatic heterocycles. The van der Waals surface area contributed by atoms with Crippen LogP contribution in [0.2, 0.25) is 5.02 Å². The molecule has 28 heavy (non-hydrogen) atoms. The van der Waals surface area contributed by atoms with Gasteiger partial charge in [0.15, 0.2) is 0 Å². The Morgan fingerprint density at radius 1 is 1.18 bits per heavy atom. The molecule has 2 aromatic rings. The van der Waals surface area contributed by atoms with E-state index in [-0.39, 0.29) is 12.5 Å². The van der Waals surface area contributed by atoms with Crippen LogP contribution in [-0.2, 0) is 11.0 Å². The van der Waals surface area contributed by atoms with E-state index in [1.165, 1.54) is 6.20 Å². The zero-order valence-corrected chi connectivity index (χ0v) is 16.0. The number of aryl methyl sites for hydroxylation is 1. The molecule has 1 aliphatic rings. The lowest BCUT2D eigenvalue weighted by atomic mass is 10.2. The Labute approximate surface area is 166 Å². The summed E-state index contributed by atoms with van der Waals surface area (Å²) in [5, 5.41) is 3.39. The van der Waals surface area contributed by atoms with Crippen molar-refractivity contribution in [2.45, 2.75) is 13.1 Å². The monoisotopic (exact) mass is 412 g/mol. The molecule has 1 fully saturated rings. The largest absolute Gasteiger partial charge is 0.416 e. The first-order chi connectivity index (χ1) is 13.2. The van der Waals surface area contributed by atoms with Crippen LogP contribution in [0.15, 0.2) is 36.5 Å². The Balaban J connectivity index is 1.54. The van der Waals surface area contributed by atoms with E-state index in [1.807, 2.05) is 17.9 Å². The van der Waals surface area contributed by atoms with Crippen LogP contribution in [0.3, 0.4) is 0 Å². The molecule has 0 aliphatic carbocycles. The van der Waals surface area contributed by atoms with Gasteiger partial charge in [0.25, 0.3) is 0 Å². The molecule has 1 amide bonds. The summed E-state index contributed by atoms with van der Waals surface area (Å²) in [7, 11) is 0. The molecule has 0 saturated carbocycles. The maximum absolute atomic E-state index is 12.9. The van der Waals surface area contributed by atoms with E-state index in [1.54, 1.807) is 17.0 Å². The smallest absolute Gasteiger partial charge is 0.354 e. The van der Waals surface area contributed by atoms with Crippen LogP contribution in [0.1, 0.15) is 11.1 Å². The lowest BCUT2D eigenvalue weighted by Crippen LogP contribution is -2.49. The first-order valence-corrected chi connectivity index (χ1v) is 9.17. The molecular weight excluding hydrogens is 393 g/mol. The second kappa shape index (κ2) is 8.36. The molecule has 0 bridgehead atoms. The van der Waals surface area contributed by atoms with Crippen molar-refractivity contribution in [2.24, 2.45) is 0 Å². The summed E-state index contributed by atoms with van der Waals surface area (Å²) in [6.45, 7) is 4.19. The number of aromatic nitrogens is 1. The number of hydrogen-bond acceptors (Lipinski definition) is 4. The van der Waals surface area contributed by atoms with Crippen LogP contribution in [0, 0.1) is 6.92 Å². The predicted molar refractivity (Wildman–Crippen MR) is 103 cm³/mol. The van der Waals surface area contributed by atoms with Gasteiger partial charge < -0.3 is 10.2 Å². The van der Waals surface area contributed by atoms with Crippen molar-refractivity contribution < 1.29 is 18.0 Å². The molecule has 9 heteroatoms. The molecule has 150 valence electrons. The normalized spacial score (nSPS) is 15.5. The van der Waals surface area contributed by atoms with Crippen molar-refractivity contribution in [3.63, 3.8) is 0 Å². The molecule has 0 radical (unpaired) electrons. The van der Waals surface area contributed by atoms with Gasteiger partial charge in [-0.2, -0.15) is 13.2 Å². The summed E-state index contributed by atoms with van der Waals surface area (Å²) in [5.74, 6) is 0.143. The zero-order chi connectivity index (χ0) is 20.3. The van der Waals surface area contributed by atoms with E-state index < -0.39 is 11.7 Å². The minimum Gasteiger partial charge on any atom is -0.354 e. The Bertz CT molecular complexity index is 851. The van der Waals surface area contributed by atoms with Crippen molar-refractivity contribution >= 4 is 29.0 Å². The Kier molecular flexibility index (Phi) is 6.10. The summed E-state index contributed by atoms with van der Waals surface area (Å²) in [5.41, 5.74) is 0.874. The number of alkyl halides is 3. The number of benzene rings is 1. The molecule has 1 aromatic carbocycles. The lowest BCUT2D eigenvalue weighted by Gasteiger charge is -2.35. The Morgan fingerprint density at radius 3 is 2.57 bits per heavy atom. The van der Waals surface area contributed by atoms with E-state index in [0.29, 0.717) is 42.7 Å². The van der Waals surface area contributed by atoms with Crippen molar-refractivity contribution in [3.05, 3.63) is 52.7 Å². The molecule has 1 aliphatic heterocycles. The molecule has 2 heterocycles. The van der Waals surface area contributed by atoms with Gasteiger partial charge in [-0.3, -0.25) is 9.69 Å². The second-order valence-corrected chi connectivity index (χ2v) is 7.11. The van der Waals surface area contributed by atoms with E-state index in [2.05, 4.69) is 10.3 Å². The van der Waals surface area contributed by atoms with Gasteiger partial charge in [-0.15, -0.1) is 0 Å². The van der Waals surface area contributed by atoms with Gasteiger partial charge in [-0.25, -0.2) is 4.98 Å². The van der Waals surface area contributed by atoms with Crippen LogP contribution < -0.4 is 10.2 Å². The molecule has 1 saturated heterocycles. The van der Waals surface area contributed by atoms with Crippen molar-refractivity contribution in [1.29, 1.82) is 0 Å². The fraction of sp³-hybridized carbons (Fsp3) is 0.368. The summed E-state index contributed by atoms with van der Waals surface area (Å²) in [6, 6.07) is 7.31. The number of pyridine rings is 1. The zero-order valence-electron chi connectivity index (χ0n) is 15.3. The molecule has 5 nitrogen and oxygen atoms in total. The number of nitrogens with zero attached hydrogens (tertiary/aromatic N) is 3. The summed E-state index contributed by atoms with van der Waals surface area (Å²) in [4.78, 5) is 20.1. The van der Waals surface area contributed by atoms with Crippen molar-refractivity contribution in [2.75, 3.05) is 42.9 Å². The lowest BCUT2D eigenvalue weighted by molar-refractivity contribution is -0.137. The molecule has 0 atom stereocenters. The Hall–Kier alpha value is -2.32. The summed E-state index contributed by atoms with van der Waals surface area (Å²) < 4.78 is 38.6. The number of halogens is 4. The predicted octanol–water partition coefficient (Wildman–Crippen LogP) is 3.82. The molecule has 0 spiro atoms. The number of carbonyl (C=O) groups is 1. The van der Waals surface area contributed by atoms with Crippen molar-refractivity contribution in [1.82, 2.24) is 9.88 Å². The highest BCUT2D eigenvalue weighted by Crippen LogP contribution is 2.30. The molecule has 1 N–H and O–H groups in total. The van der Waals surface area contributed by atoms with Crippen molar-refractivity contribution in [3.8, 4) is 0 Å². The van der Waals surface area contributed by atoms with Crippen LogP contribution >= 0.6 is 11.6 Å². The fourth-order valence-corrected chi connectivity index (χ4v) is 3.20. The number of rotatable bonds is 4. The minimum absolute atomic E-state index is 0.156. The fourth-order valence-electron chi connectivity index (χ4n) is 3.02. The molecular formula is C19H20ClF3N4O. The van der Waals surface area contributed by atoms with Gasteiger partial charge in [0.05, 0.1) is 12.1 Å². The molecule has 3 rings (SSSR count). The highest BCUT2D eigenvalue weighted by Gasteiger charge is 2.31. The number of hydrogen-bond donors (Lipinski definition) is 1. The number of carbonyl (C=O) groups excluding carboxylic acids is 1. The quantitative estimate of drug-likeness (QED) is 0.829. The first kappa shape index (κ1) is 20.4. The standard InChI is InChI=1S/C19H20ClF3N4O/c1-13-2-3-15(20)11-16(13)25-18(28)12-26-6-8-27(9-7-26)17-10-14(4-5-24-17)19(21,22)23/h2-5,10-11H,6-9,12H2,1H3,(H,25,28). The third-order valence-electron chi connectivity index (χ3n) is 4.61. The SMILES string of the molecule is Cc1ccc(Cl)cc1NC(=O)CN1CCN(c2cc(C(F)(F)F)ccn2)CC1. The number of nitrogens with one attached hydrogen (secondary N) is 1.